The molecule has 0 amide bonds. The minimum atomic E-state index is -0.323. The Hall–Kier alpha value is -1.31. The van der Waals surface area contributed by atoms with Crippen LogP contribution in [-0.4, -0.2) is 5.78 Å². The first-order chi connectivity index (χ1) is 7.38. The van der Waals surface area contributed by atoms with Crippen molar-refractivity contribution in [2.45, 2.75) is 40.5 Å². The molecule has 0 aliphatic rings. The average molecular weight is 219 g/mol. The van der Waals surface area contributed by atoms with Crippen molar-refractivity contribution in [3.8, 4) is 0 Å². The van der Waals surface area contributed by atoms with E-state index in [1.807, 2.05) is 39.0 Å². The molecule has 0 aliphatic heterocycles. The zero-order chi connectivity index (χ0) is 12.3. The molecule has 0 radical (unpaired) electrons. The summed E-state index contributed by atoms with van der Waals surface area (Å²) in [5.74, 6) is 0.149. The number of anilines is 1. The summed E-state index contributed by atoms with van der Waals surface area (Å²) in [6, 6.07) is 5.62. The summed E-state index contributed by atoms with van der Waals surface area (Å²) in [5.41, 5.74) is 7.86. The van der Waals surface area contributed by atoms with Crippen LogP contribution < -0.4 is 5.73 Å². The first-order valence-electron chi connectivity index (χ1n) is 5.79. The summed E-state index contributed by atoms with van der Waals surface area (Å²) in [5, 5.41) is 0. The lowest BCUT2D eigenvalue weighted by molar-refractivity contribution is 0.0826. The van der Waals surface area contributed by atoms with Gasteiger partial charge in [-0.2, -0.15) is 0 Å². The topological polar surface area (TPSA) is 43.1 Å². The molecule has 2 heteroatoms. The second-order valence-electron chi connectivity index (χ2n) is 5.05. The minimum Gasteiger partial charge on any atom is -0.398 e. The number of hydrogen-bond acceptors (Lipinski definition) is 2. The maximum atomic E-state index is 12.3. The molecule has 2 N–H and O–H groups in total. The van der Waals surface area contributed by atoms with Crippen molar-refractivity contribution in [3.63, 3.8) is 0 Å². The zero-order valence-electron chi connectivity index (χ0n) is 10.6. The lowest BCUT2D eigenvalue weighted by Crippen LogP contribution is -2.25. The third-order valence-corrected chi connectivity index (χ3v) is 2.94. The van der Waals surface area contributed by atoms with Gasteiger partial charge in [-0.05, 0) is 25.5 Å². The number of carbonyl (C=O) groups is 1. The van der Waals surface area contributed by atoms with Crippen LogP contribution in [0.2, 0.25) is 0 Å². The van der Waals surface area contributed by atoms with Crippen LogP contribution in [0.5, 0.6) is 0 Å². The van der Waals surface area contributed by atoms with Crippen molar-refractivity contribution in [2.24, 2.45) is 5.41 Å². The molecule has 0 fully saturated rings. The molecule has 88 valence electrons. The molecule has 1 rings (SSSR count). The molecule has 1 aromatic carbocycles. The van der Waals surface area contributed by atoms with Gasteiger partial charge in [0.25, 0.3) is 0 Å². The Bertz CT molecular complexity index is 394. The standard InChI is InChI=1S/C14H21NO/c1-5-8-14(3,4)13(16)11-9-10(2)6-7-12(11)15/h6-7,9H,5,8,15H2,1-4H3. The van der Waals surface area contributed by atoms with Crippen LogP contribution >= 0.6 is 0 Å². The van der Waals surface area contributed by atoms with E-state index in [2.05, 4.69) is 6.92 Å². The first kappa shape index (κ1) is 12.8. The van der Waals surface area contributed by atoms with E-state index in [4.69, 9.17) is 5.73 Å². The van der Waals surface area contributed by atoms with Crippen LogP contribution in [0.15, 0.2) is 18.2 Å². The van der Waals surface area contributed by atoms with Crippen LogP contribution in [0.1, 0.15) is 49.5 Å². The number of aryl methyl sites for hydroxylation is 1. The highest BCUT2D eigenvalue weighted by Gasteiger charge is 2.28. The van der Waals surface area contributed by atoms with E-state index in [9.17, 15) is 4.79 Å². The zero-order valence-corrected chi connectivity index (χ0v) is 10.6. The van der Waals surface area contributed by atoms with E-state index in [-0.39, 0.29) is 11.2 Å². The second kappa shape index (κ2) is 4.69. The highest BCUT2D eigenvalue weighted by Crippen LogP contribution is 2.30. The molecule has 0 bridgehead atoms. The fraction of sp³-hybridized carbons (Fsp3) is 0.500. The van der Waals surface area contributed by atoms with Crippen molar-refractivity contribution in [1.29, 1.82) is 0 Å². The van der Waals surface area contributed by atoms with Crippen molar-refractivity contribution < 1.29 is 4.79 Å². The summed E-state index contributed by atoms with van der Waals surface area (Å²) < 4.78 is 0. The molecule has 0 unspecified atom stereocenters. The maximum absolute atomic E-state index is 12.3. The Kier molecular flexibility index (Phi) is 3.74. The molecule has 0 heterocycles. The molecular formula is C14H21NO. The fourth-order valence-corrected chi connectivity index (χ4v) is 1.97. The highest BCUT2D eigenvalue weighted by molar-refractivity contribution is 6.04. The van der Waals surface area contributed by atoms with Gasteiger partial charge in [0.05, 0.1) is 0 Å². The van der Waals surface area contributed by atoms with Gasteiger partial charge in [0, 0.05) is 16.7 Å². The van der Waals surface area contributed by atoms with Gasteiger partial charge in [0.1, 0.15) is 0 Å². The molecule has 0 atom stereocenters. The largest absolute Gasteiger partial charge is 0.398 e. The third-order valence-electron chi connectivity index (χ3n) is 2.94. The Balaban J connectivity index is 3.09. The smallest absolute Gasteiger partial charge is 0.170 e. The summed E-state index contributed by atoms with van der Waals surface area (Å²) in [4.78, 5) is 12.3. The maximum Gasteiger partial charge on any atom is 0.170 e. The van der Waals surface area contributed by atoms with Gasteiger partial charge in [0.15, 0.2) is 5.78 Å². The van der Waals surface area contributed by atoms with Gasteiger partial charge in [0.2, 0.25) is 0 Å². The van der Waals surface area contributed by atoms with Gasteiger partial charge in [-0.15, -0.1) is 0 Å². The van der Waals surface area contributed by atoms with Crippen molar-refractivity contribution in [2.75, 3.05) is 5.73 Å². The summed E-state index contributed by atoms with van der Waals surface area (Å²) in [7, 11) is 0. The Morgan fingerprint density at radius 3 is 2.56 bits per heavy atom. The second-order valence-corrected chi connectivity index (χ2v) is 5.05. The molecule has 16 heavy (non-hydrogen) atoms. The highest BCUT2D eigenvalue weighted by atomic mass is 16.1. The number of Topliss-reactive ketones (excluding diaryl/α,β-unsaturated/α-hetero) is 1. The van der Waals surface area contributed by atoms with Gasteiger partial charge in [-0.1, -0.05) is 38.8 Å². The van der Waals surface area contributed by atoms with Gasteiger partial charge < -0.3 is 5.73 Å². The monoisotopic (exact) mass is 219 g/mol. The predicted octanol–water partition coefficient (Wildman–Crippen LogP) is 3.59. The molecular weight excluding hydrogens is 198 g/mol. The Morgan fingerprint density at radius 1 is 1.38 bits per heavy atom. The number of ketones is 1. The summed E-state index contributed by atoms with van der Waals surface area (Å²) in [6.07, 6.45) is 1.89. The number of nitrogens with two attached hydrogens (primary N) is 1. The Morgan fingerprint density at radius 2 is 2.00 bits per heavy atom. The number of hydrogen-bond donors (Lipinski definition) is 1. The first-order valence-corrected chi connectivity index (χ1v) is 5.79. The van der Waals surface area contributed by atoms with Gasteiger partial charge in [-0.3, -0.25) is 4.79 Å². The summed E-state index contributed by atoms with van der Waals surface area (Å²) in [6.45, 7) is 8.04. The van der Waals surface area contributed by atoms with Crippen LogP contribution in [0.4, 0.5) is 5.69 Å². The molecule has 1 aromatic rings. The molecule has 0 aliphatic carbocycles. The SMILES string of the molecule is CCCC(C)(C)C(=O)c1cc(C)ccc1N. The molecule has 0 aromatic heterocycles. The van der Waals surface area contributed by atoms with Crippen molar-refractivity contribution >= 4 is 11.5 Å². The fourth-order valence-electron chi connectivity index (χ4n) is 1.97. The lowest BCUT2D eigenvalue weighted by atomic mass is 9.80. The molecule has 0 saturated carbocycles. The van der Waals surface area contributed by atoms with E-state index in [0.717, 1.165) is 18.4 Å². The normalized spacial score (nSPS) is 11.5. The Labute approximate surface area is 97.9 Å². The van der Waals surface area contributed by atoms with Gasteiger partial charge in [-0.25, -0.2) is 0 Å². The van der Waals surface area contributed by atoms with Gasteiger partial charge >= 0.3 is 0 Å². The van der Waals surface area contributed by atoms with E-state index in [0.29, 0.717) is 11.3 Å². The van der Waals surface area contributed by atoms with E-state index < -0.39 is 0 Å². The van der Waals surface area contributed by atoms with Crippen molar-refractivity contribution in [1.82, 2.24) is 0 Å². The van der Waals surface area contributed by atoms with E-state index in [1.165, 1.54) is 0 Å². The van der Waals surface area contributed by atoms with E-state index in [1.54, 1.807) is 0 Å². The van der Waals surface area contributed by atoms with Crippen LogP contribution in [-0.2, 0) is 0 Å². The number of rotatable bonds is 4. The van der Waals surface area contributed by atoms with E-state index >= 15 is 0 Å². The third kappa shape index (κ3) is 2.63. The number of carbonyl (C=O) groups excluding carboxylic acids is 1. The number of nitrogen functional groups attached to an aromatic ring is 1. The van der Waals surface area contributed by atoms with Crippen LogP contribution in [0.3, 0.4) is 0 Å². The quantitative estimate of drug-likeness (QED) is 0.621. The average Bonchev–Trinajstić information content (AvgIpc) is 2.20. The molecule has 2 nitrogen and oxygen atoms in total. The van der Waals surface area contributed by atoms with Crippen LogP contribution in [0, 0.1) is 12.3 Å². The lowest BCUT2D eigenvalue weighted by Gasteiger charge is -2.23. The van der Waals surface area contributed by atoms with Crippen LogP contribution in [0.25, 0.3) is 0 Å². The predicted molar refractivity (Wildman–Crippen MR) is 68.6 cm³/mol. The summed E-state index contributed by atoms with van der Waals surface area (Å²) >= 11 is 0. The minimum absolute atomic E-state index is 0.149. The molecule has 0 spiro atoms. The molecule has 0 saturated heterocycles. The van der Waals surface area contributed by atoms with Crippen molar-refractivity contribution in [3.05, 3.63) is 29.3 Å². The number of benzene rings is 1.